The quantitative estimate of drug-likeness (QED) is 0.301. The van der Waals surface area contributed by atoms with E-state index in [0.717, 1.165) is 0 Å². The third kappa shape index (κ3) is 2.19. The molecule has 0 spiro atoms. The highest BCUT2D eigenvalue weighted by Gasteiger charge is 2.41. The van der Waals surface area contributed by atoms with E-state index in [2.05, 4.69) is 5.18 Å². The van der Waals surface area contributed by atoms with Crippen LogP contribution in [0.4, 0.5) is 0 Å². The van der Waals surface area contributed by atoms with Crippen molar-refractivity contribution in [1.29, 1.82) is 0 Å². The molecule has 0 aromatic rings. The zero-order valence-corrected chi connectivity index (χ0v) is 6.58. The predicted octanol–water partition coefficient (Wildman–Crippen LogP) is -1.26. The van der Waals surface area contributed by atoms with Crippen LogP contribution in [0.15, 0.2) is 5.18 Å². The van der Waals surface area contributed by atoms with Gasteiger partial charge >= 0.3 is 0 Å². The van der Waals surface area contributed by atoms with Crippen LogP contribution < -0.4 is 22.9 Å². The van der Waals surface area contributed by atoms with Crippen molar-refractivity contribution < 1.29 is 0 Å². The van der Waals surface area contributed by atoms with Gasteiger partial charge in [-0.05, 0) is 11.6 Å². The zero-order valence-electron chi connectivity index (χ0n) is 6.58. The molecule has 0 radical (unpaired) electrons. The van der Waals surface area contributed by atoms with Gasteiger partial charge in [0.2, 0.25) is 0 Å². The molecule has 8 N–H and O–H groups in total. The van der Waals surface area contributed by atoms with E-state index in [-0.39, 0.29) is 6.42 Å². The lowest BCUT2D eigenvalue weighted by Crippen LogP contribution is -2.75. The highest BCUT2D eigenvalue weighted by Crippen LogP contribution is 2.15. The minimum absolute atomic E-state index is 0.278. The Kier molecular flexibility index (Phi) is 3.06. The second-order valence-corrected chi connectivity index (χ2v) is 2.70. The summed E-state index contributed by atoms with van der Waals surface area (Å²) in [4.78, 5) is 10.2. The van der Waals surface area contributed by atoms with Crippen molar-refractivity contribution in [3.05, 3.63) is 4.91 Å². The first-order valence-corrected chi connectivity index (χ1v) is 3.37. The Morgan fingerprint density at radius 2 is 1.73 bits per heavy atom. The van der Waals surface area contributed by atoms with E-state index in [4.69, 9.17) is 22.9 Å². The average molecular weight is 161 g/mol. The Labute approximate surface area is 65.3 Å². The van der Waals surface area contributed by atoms with Gasteiger partial charge in [0.1, 0.15) is 0 Å². The molecule has 1 atom stereocenters. The largest absolute Gasteiger partial charge is 0.300 e. The number of nitroso groups, excluding NO2 is 1. The second kappa shape index (κ2) is 3.22. The van der Waals surface area contributed by atoms with Gasteiger partial charge in [-0.2, -0.15) is 0 Å². The minimum Gasteiger partial charge on any atom is -0.300 e. The predicted molar refractivity (Wildman–Crippen MR) is 42.9 cm³/mol. The van der Waals surface area contributed by atoms with Gasteiger partial charge in [-0.25, -0.2) is 0 Å². The topological polar surface area (TPSA) is 134 Å². The lowest BCUT2D eigenvalue weighted by atomic mass is 9.99. The molecule has 66 valence electrons. The fourth-order valence-corrected chi connectivity index (χ4v) is 0.722. The van der Waals surface area contributed by atoms with Crippen LogP contribution in [0.5, 0.6) is 0 Å². The van der Waals surface area contributed by atoms with Crippen LogP contribution >= 0.6 is 0 Å². The molecule has 0 bridgehead atoms. The maximum atomic E-state index is 10.2. The fraction of sp³-hybridized carbons (Fsp3) is 1.00. The number of hydrogen-bond donors (Lipinski definition) is 4. The highest BCUT2D eigenvalue weighted by atomic mass is 16.3. The van der Waals surface area contributed by atoms with Crippen LogP contribution in [0.2, 0.25) is 0 Å². The summed E-state index contributed by atoms with van der Waals surface area (Å²) in [7, 11) is 0. The Balaban J connectivity index is 4.46. The average Bonchev–Trinajstić information content (AvgIpc) is 1.86. The Bertz CT molecular complexity index is 142. The van der Waals surface area contributed by atoms with Crippen LogP contribution in [0, 0.1) is 4.91 Å². The zero-order chi connectivity index (χ0) is 9.12. The van der Waals surface area contributed by atoms with E-state index >= 15 is 0 Å². The molecule has 0 amide bonds. The summed E-state index contributed by atoms with van der Waals surface area (Å²) >= 11 is 0. The van der Waals surface area contributed by atoms with Crippen molar-refractivity contribution in [3.63, 3.8) is 0 Å². The molecule has 1 unspecified atom stereocenters. The van der Waals surface area contributed by atoms with Gasteiger partial charge in [-0.1, -0.05) is 13.3 Å². The van der Waals surface area contributed by atoms with E-state index < -0.39 is 11.4 Å². The molecule has 0 aliphatic carbocycles. The molecule has 0 rings (SSSR count). The summed E-state index contributed by atoms with van der Waals surface area (Å²) in [5, 5.41) is 2.63. The van der Waals surface area contributed by atoms with Gasteiger partial charge in [-0.15, -0.1) is 4.91 Å². The SMILES string of the molecule is CCCC(N)(N=O)C(N)(N)N. The molecule has 0 saturated carbocycles. The third-order valence-corrected chi connectivity index (χ3v) is 1.54. The summed E-state index contributed by atoms with van der Waals surface area (Å²) in [6, 6.07) is 0. The molecule has 6 heteroatoms. The van der Waals surface area contributed by atoms with Crippen LogP contribution in [-0.2, 0) is 0 Å². The summed E-state index contributed by atoms with van der Waals surface area (Å²) in [6.45, 7) is 1.83. The first kappa shape index (κ1) is 10.4. The number of nitrogens with zero attached hydrogens (tertiary/aromatic N) is 1. The molecule has 0 saturated heterocycles. The van der Waals surface area contributed by atoms with E-state index in [9.17, 15) is 4.91 Å². The monoisotopic (exact) mass is 161 g/mol. The fourth-order valence-electron chi connectivity index (χ4n) is 0.722. The number of hydrogen-bond acceptors (Lipinski definition) is 6. The second-order valence-electron chi connectivity index (χ2n) is 2.70. The smallest absolute Gasteiger partial charge is 0.195 e. The summed E-state index contributed by atoms with van der Waals surface area (Å²) in [5.41, 5.74) is 19.6. The Hall–Kier alpha value is -0.560. The molecule has 0 fully saturated rings. The summed E-state index contributed by atoms with van der Waals surface area (Å²) in [6.07, 6.45) is 0.926. The Morgan fingerprint density at radius 3 is 1.82 bits per heavy atom. The molecule has 0 aromatic heterocycles. The molecule has 0 heterocycles. The van der Waals surface area contributed by atoms with Crippen LogP contribution in [0.1, 0.15) is 19.8 Å². The molecule has 0 aromatic carbocycles. The van der Waals surface area contributed by atoms with Crippen LogP contribution in [0.25, 0.3) is 0 Å². The van der Waals surface area contributed by atoms with E-state index in [1.54, 1.807) is 0 Å². The van der Waals surface area contributed by atoms with Gasteiger partial charge in [0.05, 0.1) is 0 Å². The summed E-state index contributed by atoms with van der Waals surface area (Å²) < 4.78 is 0. The lowest BCUT2D eigenvalue weighted by Gasteiger charge is -2.33. The lowest BCUT2D eigenvalue weighted by molar-refractivity contribution is 0.221. The molecule has 11 heavy (non-hydrogen) atoms. The maximum absolute atomic E-state index is 10.2. The third-order valence-electron chi connectivity index (χ3n) is 1.54. The van der Waals surface area contributed by atoms with E-state index in [1.807, 2.05) is 6.92 Å². The first-order valence-electron chi connectivity index (χ1n) is 3.37. The highest BCUT2D eigenvalue weighted by molar-refractivity contribution is 4.96. The molecule has 0 aliphatic heterocycles. The number of rotatable bonds is 4. The van der Waals surface area contributed by atoms with Crippen LogP contribution in [-0.4, -0.2) is 11.4 Å². The molecule has 0 aliphatic rings. The van der Waals surface area contributed by atoms with Gasteiger partial charge in [0.15, 0.2) is 11.4 Å². The van der Waals surface area contributed by atoms with Crippen molar-refractivity contribution in [1.82, 2.24) is 0 Å². The van der Waals surface area contributed by atoms with Gasteiger partial charge in [-0.3, -0.25) is 17.2 Å². The maximum Gasteiger partial charge on any atom is 0.195 e. The standard InChI is InChI=1S/C5H15N5O/c1-2-3-4(6,10-11)5(7,8)9/h2-3,6-9H2,1H3. The normalized spacial score (nSPS) is 17.5. The molecular weight excluding hydrogens is 146 g/mol. The Morgan fingerprint density at radius 1 is 1.27 bits per heavy atom. The van der Waals surface area contributed by atoms with E-state index in [1.165, 1.54) is 0 Å². The first-order chi connectivity index (χ1) is 4.87. The van der Waals surface area contributed by atoms with Crippen molar-refractivity contribution >= 4 is 0 Å². The summed E-state index contributed by atoms with van der Waals surface area (Å²) in [5.74, 6) is -1.75. The number of nitrogens with two attached hydrogens (primary N) is 4. The van der Waals surface area contributed by atoms with Gasteiger partial charge in [0.25, 0.3) is 0 Å². The van der Waals surface area contributed by atoms with Crippen molar-refractivity contribution in [2.45, 2.75) is 31.2 Å². The minimum atomic E-state index is -1.75. The molecular formula is C5H15N5O. The van der Waals surface area contributed by atoms with Gasteiger partial charge in [0, 0.05) is 0 Å². The van der Waals surface area contributed by atoms with Crippen LogP contribution in [0.3, 0.4) is 0 Å². The van der Waals surface area contributed by atoms with Crippen molar-refractivity contribution in [2.24, 2.45) is 28.1 Å². The van der Waals surface area contributed by atoms with Crippen molar-refractivity contribution in [2.75, 3.05) is 0 Å². The van der Waals surface area contributed by atoms with Gasteiger partial charge < -0.3 is 5.73 Å². The van der Waals surface area contributed by atoms with E-state index in [0.29, 0.717) is 6.42 Å². The van der Waals surface area contributed by atoms with Crippen molar-refractivity contribution in [3.8, 4) is 0 Å². The molecule has 6 nitrogen and oxygen atoms in total.